The maximum Gasteiger partial charge on any atom is 0.321 e. The van der Waals surface area contributed by atoms with Crippen molar-refractivity contribution in [1.29, 1.82) is 0 Å². The zero-order chi connectivity index (χ0) is 11.8. The van der Waals surface area contributed by atoms with Gasteiger partial charge in [-0.2, -0.15) is 0 Å². The molecule has 4 heteroatoms. The predicted octanol–water partition coefficient (Wildman–Crippen LogP) is 1.72. The predicted molar refractivity (Wildman–Crippen MR) is 56.1 cm³/mol. The zero-order valence-corrected chi connectivity index (χ0v) is 8.59. The normalized spacial score (nSPS) is 22.1. The van der Waals surface area contributed by atoms with Gasteiger partial charge >= 0.3 is 11.9 Å². The Kier molecular flexibility index (Phi) is 2.42. The molecule has 1 aromatic carbocycles. The van der Waals surface area contributed by atoms with Gasteiger partial charge in [0.25, 0.3) is 0 Å². The highest BCUT2D eigenvalue weighted by atomic mass is 16.4. The van der Waals surface area contributed by atoms with Crippen LogP contribution in [0.25, 0.3) is 0 Å². The van der Waals surface area contributed by atoms with E-state index < -0.39 is 23.3 Å². The Bertz CT molecular complexity index is 410. The maximum absolute atomic E-state index is 11.1. The van der Waals surface area contributed by atoms with Crippen LogP contribution in [0.1, 0.15) is 24.3 Å². The van der Waals surface area contributed by atoms with Crippen molar-refractivity contribution in [3.8, 4) is 0 Å². The first-order valence-corrected chi connectivity index (χ1v) is 5.11. The quantitative estimate of drug-likeness (QED) is 0.760. The molecular weight excluding hydrogens is 208 g/mol. The average molecular weight is 220 g/mol. The highest BCUT2D eigenvalue weighted by molar-refractivity contribution is 6.00. The van der Waals surface area contributed by atoms with Crippen molar-refractivity contribution in [2.24, 2.45) is 5.41 Å². The van der Waals surface area contributed by atoms with Crippen LogP contribution in [0.2, 0.25) is 0 Å². The average Bonchev–Trinajstić information content (AvgIpc) is 2.16. The lowest BCUT2D eigenvalue weighted by atomic mass is 9.57. The molecule has 0 aromatic heterocycles. The van der Waals surface area contributed by atoms with Gasteiger partial charge in [0.1, 0.15) is 0 Å². The fourth-order valence-electron chi connectivity index (χ4n) is 2.32. The van der Waals surface area contributed by atoms with E-state index in [1.807, 2.05) is 6.07 Å². The van der Waals surface area contributed by atoms with Gasteiger partial charge in [-0.15, -0.1) is 0 Å². The van der Waals surface area contributed by atoms with E-state index >= 15 is 0 Å². The first kappa shape index (κ1) is 10.7. The molecule has 1 aromatic rings. The van der Waals surface area contributed by atoms with Crippen molar-refractivity contribution >= 4 is 11.9 Å². The van der Waals surface area contributed by atoms with Crippen LogP contribution in [-0.2, 0) is 9.59 Å². The number of aliphatic carboxylic acids is 2. The number of hydrogen-bond acceptors (Lipinski definition) is 2. The molecule has 0 aliphatic heterocycles. The molecule has 1 atom stereocenters. The monoisotopic (exact) mass is 220 g/mol. The Morgan fingerprint density at radius 2 is 1.69 bits per heavy atom. The van der Waals surface area contributed by atoms with Crippen molar-refractivity contribution in [2.75, 3.05) is 0 Å². The third-order valence-electron chi connectivity index (χ3n) is 3.39. The van der Waals surface area contributed by atoms with Crippen molar-refractivity contribution in [2.45, 2.75) is 18.8 Å². The summed E-state index contributed by atoms with van der Waals surface area (Å²) < 4.78 is 0. The summed E-state index contributed by atoms with van der Waals surface area (Å²) in [5, 5.41) is 18.2. The van der Waals surface area contributed by atoms with Gasteiger partial charge in [0.05, 0.1) is 0 Å². The van der Waals surface area contributed by atoms with Gasteiger partial charge in [0.15, 0.2) is 5.41 Å². The van der Waals surface area contributed by atoms with E-state index in [4.69, 9.17) is 10.2 Å². The number of carboxylic acid groups (broad SMARTS) is 2. The van der Waals surface area contributed by atoms with E-state index in [2.05, 4.69) is 0 Å². The number of carboxylic acids is 2. The summed E-state index contributed by atoms with van der Waals surface area (Å²) >= 11 is 0. The second-order valence-electron chi connectivity index (χ2n) is 4.08. The Labute approximate surface area is 92.5 Å². The molecule has 16 heavy (non-hydrogen) atoms. The summed E-state index contributed by atoms with van der Waals surface area (Å²) in [6, 6.07) is 8.98. The van der Waals surface area contributed by atoms with Gasteiger partial charge in [0.2, 0.25) is 0 Å². The van der Waals surface area contributed by atoms with Gasteiger partial charge in [-0.25, -0.2) is 0 Å². The van der Waals surface area contributed by atoms with Crippen LogP contribution in [0.15, 0.2) is 30.3 Å². The number of rotatable bonds is 3. The van der Waals surface area contributed by atoms with Gasteiger partial charge in [-0.1, -0.05) is 30.3 Å². The lowest BCUT2D eigenvalue weighted by molar-refractivity contribution is -0.174. The first-order valence-electron chi connectivity index (χ1n) is 5.11. The Hall–Kier alpha value is -1.84. The van der Waals surface area contributed by atoms with Gasteiger partial charge in [-0.05, 0) is 18.4 Å². The van der Waals surface area contributed by atoms with E-state index in [-0.39, 0.29) is 6.42 Å². The molecule has 84 valence electrons. The standard InChI is InChI=1S/C12H12O4/c13-10(14)12(11(15)16)7-6-9(12)8-4-2-1-3-5-8/h1-5,9H,6-7H2,(H,13,14)(H,15,16)/t9-/m1/s1. The van der Waals surface area contributed by atoms with E-state index in [0.717, 1.165) is 5.56 Å². The van der Waals surface area contributed by atoms with Crippen LogP contribution in [0.5, 0.6) is 0 Å². The molecule has 4 nitrogen and oxygen atoms in total. The molecule has 2 rings (SSSR count). The molecular formula is C12H12O4. The lowest BCUT2D eigenvalue weighted by Gasteiger charge is -2.42. The molecule has 0 spiro atoms. The second kappa shape index (κ2) is 3.63. The zero-order valence-electron chi connectivity index (χ0n) is 8.59. The van der Waals surface area contributed by atoms with Crippen molar-refractivity contribution in [1.82, 2.24) is 0 Å². The topological polar surface area (TPSA) is 74.6 Å². The fourth-order valence-corrected chi connectivity index (χ4v) is 2.32. The minimum Gasteiger partial charge on any atom is -0.480 e. The summed E-state index contributed by atoms with van der Waals surface area (Å²) in [7, 11) is 0. The number of carbonyl (C=O) groups is 2. The molecule has 0 bridgehead atoms. The molecule has 0 heterocycles. The van der Waals surface area contributed by atoms with Crippen molar-refractivity contribution in [3.63, 3.8) is 0 Å². The van der Waals surface area contributed by atoms with Crippen LogP contribution < -0.4 is 0 Å². The van der Waals surface area contributed by atoms with Crippen molar-refractivity contribution in [3.05, 3.63) is 35.9 Å². The van der Waals surface area contributed by atoms with Crippen LogP contribution in [0, 0.1) is 5.41 Å². The van der Waals surface area contributed by atoms with E-state index in [1.54, 1.807) is 24.3 Å². The summed E-state index contributed by atoms with van der Waals surface area (Å²) in [5.74, 6) is -2.89. The highest BCUT2D eigenvalue weighted by Gasteiger charge is 2.59. The van der Waals surface area contributed by atoms with Crippen molar-refractivity contribution < 1.29 is 19.8 Å². The molecule has 2 N–H and O–H groups in total. The first-order chi connectivity index (χ1) is 7.59. The smallest absolute Gasteiger partial charge is 0.321 e. The molecule has 0 amide bonds. The summed E-state index contributed by atoms with van der Waals surface area (Å²) in [6.45, 7) is 0. The fraction of sp³-hybridized carbons (Fsp3) is 0.333. The van der Waals surface area contributed by atoms with Crippen LogP contribution >= 0.6 is 0 Å². The Morgan fingerprint density at radius 1 is 1.12 bits per heavy atom. The summed E-state index contributed by atoms with van der Waals surface area (Å²) in [5.41, 5.74) is -0.833. The van der Waals surface area contributed by atoms with Crippen LogP contribution in [0.4, 0.5) is 0 Å². The summed E-state index contributed by atoms with van der Waals surface area (Å²) in [4.78, 5) is 22.3. The van der Waals surface area contributed by atoms with Gasteiger partial charge < -0.3 is 10.2 Å². The molecule has 1 aliphatic carbocycles. The lowest BCUT2D eigenvalue weighted by Crippen LogP contribution is -2.51. The Balaban J connectivity index is 2.38. The largest absolute Gasteiger partial charge is 0.480 e. The number of hydrogen-bond donors (Lipinski definition) is 2. The van der Waals surface area contributed by atoms with E-state index in [0.29, 0.717) is 6.42 Å². The highest BCUT2D eigenvalue weighted by Crippen LogP contribution is 2.53. The molecule has 1 aliphatic rings. The molecule has 0 unspecified atom stereocenters. The molecule has 0 radical (unpaired) electrons. The third-order valence-corrected chi connectivity index (χ3v) is 3.39. The number of benzene rings is 1. The molecule has 0 saturated heterocycles. The minimum absolute atomic E-state index is 0.206. The molecule has 1 fully saturated rings. The minimum atomic E-state index is -1.62. The second-order valence-corrected chi connectivity index (χ2v) is 4.08. The van der Waals surface area contributed by atoms with E-state index in [9.17, 15) is 9.59 Å². The van der Waals surface area contributed by atoms with Gasteiger partial charge in [-0.3, -0.25) is 9.59 Å². The molecule has 1 saturated carbocycles. The van der Waals surface area contributed by atoms with E-state index in [1.165, 1.54) is 0 Å². The van der Waals surface area contributed by atoms with Gasteiger partial charge in [0, 0.05) is 5.92 Å². The SMILES string of the molecule is O=C(O)C1(C(=O)O)CC[C@@H]1c1ccccc1. The van der Waals surface area contributed by atoms with Crippen LogP contribution in [0.3, 0.4) is 0 Å². The summed E-state index contributed by atoms with van der Waals surface area (Å²) in [6.07, 6.45) is 0.819. The van der Waals surface area contributed by atoms with Crippen LogP contribution in [-0.4, -0.2) is 22.2 Å². The Morgan fingerprint density at radius 3 is 2.06 bits per heavy atom. The maximum atomic E-state index is 11.1. The third kappa shape index (κ3) is 1.30.